The maximum Gasteiger partial charge on any atom is 0.252 e. The normalized spacial score (nSPS) is 10.9. The second-order valence-corrected chi connectivity index (χ2v) is 8.78. The molecule has 0 fully saturated rings. The number of hydrogen-bond donors (Lipinski definition) is 1. The lowest BCUT2D eigenvalue weighted by molar-refractivity contribution is 0.0942. The average Bonchev–Trinajstić information content (AvgIpc) is 2.96. The summed E-state index contributed by atoms with van der Waals surface area (Å²) < 4.78 is 12.0. The molecule has 0 spiro atoms. The molecule has 1 N–H and O–H groups in total. The zero-order valence-electron chi connectivity index (χ0n) is 20.8. The molecule has 0 saturated carbocycles. The number of hydrogen-bond acceptors (Lipinski definition) is 3. The minimum Gasteiger partial charge on any atom is -0.493 e. The first-order chi connectivity index (χ1) is 18.2. The molecular weight excluding hydrogens is 458 g/mol. The van der Waals surface area contributed by atoms with Gasteiger partial charge in [-0.25, -0.2) is 0 Å². The zero-order valence-corrected chi connectivity index (χ0v) is 20.8. The summed E-state index contributed by atoms with van der Waals surface area (Å²) in [6, 6.07) is 39.4. The Labute approximate surface area is 217 Å². The maximum atomic E-state index is 13.5. The smallest absolute Gasteiger partial charge is 0.252 e. The van der Waals surface area contributed by atoms with E-state index in [2.05, 4.69) is 17.4 Å². The summed E-state index contributed by atoms with van der Waals surface area (Å²) in [7, 11) is 0. The van der Waals surface area contributed by atoms with Gasteiger partial charge in [0, 0.05) is 11.1 Å². The van der Waals surface area contributed by atoms with Crippen molar-refractivity contribution in [2.75, 3.05) is 6.61 Å². The summed E-state index contributed by atoms with van der Waals surface area (Å²) in [6.45, 7) is 2.76. The monoisotopic (exact) mass is 487 g/mol. The number of benzene rings is 5. The van der Waals surface area contributed by atoms with Crippen LogP contribution in [-0.4, -0.2) is 12.5 Å². The molecule has 0 aliphatic rings. The van der Waals surface area contributed by atoms with Crippen LogP contribution in [0.4, 0.5) is 0 Å². The van der Waals surface area contributed by atoms with Crippen molar-refractivity contribution in [1.82, 2.24) is 5.32 Å². The van der Waals surface area contributed by atoms with Crippen molar-refractivity contribution < 1.29 is 14.3 Å². The number of nitrogens with one attached hydrogen (secondary N) is 1. The lowest BCUT2D eigenvalue weighted by Crippen LogP contribution is -2.29. The highest BCUT2D eigenvalue weighted by Crippen LogP contribution is 2.27. The van der Waals surface area contributed by atoms with Gasteiger partial charge in [0.1, 0.15) is 18.1 Å². The third-order valence-electron chi connectivity index (χ3n) is 6.28. The Morgan fingerprint density at radius 2 is 1.35 bits per heavy atom. The molecule has 0 radical (unpaired) electrons. The molecule has 0 heterocycles. The van der Waals surface area contributed by atoms with Crippen LogP contribution in [0.25, 0.3) is 10.8 Å². The van der Waals surface area contributed by atoms with Crippen LogP contribution in [0.3, 0.4) is 0 Å². The van der Waals surface area contributed by atoms with E-state index >= 15 is 0 Å². The maximum absolute atomic E-state index is 13.5. The number of carbonyl (C=O) groups excluding carboxylic acids is 1. The molecule has 0 aromatic heterocycles. The van der Waals surface area contributed by atoms with Gasteiger partial charge in [0.25, 0.3) is 5.91 Å². The Hall–Kier alpha value is -4.57. The van der Waals surface area contributed by atoms with Gasteiger partial charge in [-0.3, -0.25) is 4.79 Å². The van der Waals surface area contributed by atoms with Crippen LogP contribution in [-0.2, 0) is 6.61 Å². The van der Waals surface area contributed by atoms with Crippen molar-refractivity contribution in [3.63, 3.8) is 0 Å². The molecule has 184 valence electrons. The topological polar surface area (TPSA) is 47.6 Å². The molecule has 0 bridgehead atoms. The number of carbonyl (C=O) groups is 1. The fourth-order valence-electron chi connectivity index (χ4n) is 4.41. The minimum absolute atomic E-state index is 0.160. The standard InChI is InChI=1S/C33H29NO3/c1-2-36-31-20-18-28(21-29(31)23-37-30-19-17-24-11-9-10-16-27(24)22-30)33(35)34-32(25-12-5-3-6-13-25)26-14-7-4-8-15-26/h3-22,32H,2,23H2,1H3,(H,34,35). The van der Waals surface area contributed by atoms with Gasteiger partial charge in [-0.2, -0.15) is 0 Å². The van der Waals surface area contributed by atoms with Gasteiger partial charge in [-0.15, -0.1) is 0 Å². The molecule has 0 aliphatic heterocycles. The van der Waals surface area contributed by atoms with Crippen molar-refractivity contribution in [3.8, 4) is 11.5 Å². The molecule has 1 amide bonds. The summed E-state index contributed by atoms with van der Waals surface area (Å²) in [5.74, 6) is 1.32. The zero-order chi connectivity index (χ0) is 25.5. The fraction of sp³-hybridized carbons (Fsp3) is 0.121. The van der Waals surface area contributed by atoms with Gasteiger partial charge in [0.2, 0.25) is 0 Å². The third-order valence-corrected chi connectivity index (χ3v) is 6.28. The first-order valence-corrected chi connectivity index (χ1v) is 12.5. The van der Waals surface area contributed by atoms with Crippen molar-refractivity contribution in [2.45, 2.75) is 19.6 Å². The first kappa shape index (κ1) is 24.1. The first-order valence-electron chi connectivity index (χ1n) is 12.5. The van der Waals surface area contributed by atoms with E-state index in [1.807, 2.05) is 110 Å². The van der Waals surface area contributed by atoms with Crippen molar-refractivity contribution >= 4 is 16.7 Å². The van der Waals surface area contributed by atoms with Crippen LogP contribution in [0, 0.1) is 0 Å². The quantitative estimate of drug-likeness (QED) is 0.237. The third kappa shape index (κ3) is 5.81. The molecule has 0 atom stereocenters. The highest BCUT2D eigenvalue weighted by Gasteiger charge is 2.19. The number of rotatable bonds is 9. The Kier molecular flexibility index (Phi) is 7.47. The van der Waals surface area contributed by atoms with E-state index in [0.717, 1.165) is 33.2 Å². The molecule has 4 heteroatoms. The molecule has 5 aromatic carbocycles. The second-order valence-electron chi connectivity index (χ2n) is 8.78. The van der Waals surface area contributed by atoms with Crippen molar-refractivity contribution in [1.29, 1.82) is 0 Å². The van der Waals surface area contributed by atoms with Crippen LogP contribution in [0.5, 0.6) is 11.5 Å². The highest BCUT2D eigenvalue weighted by atomic mass is 16.5. The number of amides is 1. The molecule has 37 heavy (non-hydrogen) atoms. The largest absolute Gasteiger partial charge is 0.493 e. The van der Waals surface area contributed by atoms with E-state index in [9.17, 15) is 4.79 Å². The van der Waals surface area contributed by atoms with E-state index in [1.54, 1.807) is 6.07 Å². The second kappa shape index (κ2) is 11.4. The Morgan fingerprint density at radius 3 is 2.03 bits per heavy atom. The van der Waals surface area contributed by atoms with E-state index in [1.165, 1.54) is 0 Å². The van der Waals surface area contributed by atoms with Gasteiger partial charge < -0.3 is 14.8 Å². The predicted molar refractivity (Wildman–Crippen MR) is 148 cm³/mol. The van der Waals surface area contributed by atoms with E-state index < -0.39 is 0 Å². The summed E-state index contributed by atoms with van der Waals surface area (Å²) in [5.41, 5.74) is 3.41. The van der Waals surface area contributed by atoms with Crippen LogP contribution in [0.1, 0.15) is 40.0 Å². The minimum atomic E-state index is -0.265. The van der Waals surface area contributed by atoms with Crippen LogP contribution >= 0.6 is 0 Å². The van der Waals surface area contributed by atoms with Crippen LogP contribution < -0.4 is 14.8 Å². The van der Waals surface area contributed by atoms with Gasteiger partial charge >= 0.3 is 0 Å². The summed E-state index contributed by atoms with van der Waals surface area (Å²) >= 11 is 0. The summed E-state index contributed by atoms with van der Waals surface area (Å²) in [5, 5.41) is 5.50. The van der Waals surface area contributed by atoms with E-state index in [-0.39, 0.29) is 18.6 Å². The van der Waals surface area contributed by atoms with Gasteiger partial charge in [0.15, 0.2) is 0 Å². The molecule has 5 rings (SSSR count). The molecule has 0 unspecified atom stereocenters. The SMILES string of the molecule is CCOc1ccc(C(=O)NC(c2ccccc2)c2ccccc2)cc1COc1ccc2ccccc2c1. The summed E-state index contributed by atoms with van der Waals surface area (Å²) in [6.07, 6.45) is 0. The van der Waals surface area contributed by atoms with Crippen LogP contribution in [0.2, 0.25) is 0 Å². The molecular formula is C33H29NO3. The van der Waals surface area contributed by atoms with Crippen LogP contribution in [0.15, 0.2) is 121 Å². The van der Waals surface area contributed by atoms with Gasteiger partial charge in [0.05, 0.1) is 12.6 Å². The average molecular weight is 488 g/mol. The Bertz CT molecular complexity index is 1440. The predicted octanol–water partition coefficient (Wildman–Crippen LogP) is 7.34. The van der Waals surface area contributed by atoms with Gasteiger partial charge in [-0.1, -0.05) is 91.0 Å². The van der Waals surface area contributed by atoms with Crippen molar-refractivity contribution in [2.24, 2.45) is 0 Å². The molecule has 5 aromatic rings. The van der Waals surface area contributed by atoms with E-state index in [4.69, 9.17) is 9.47 Å². The Morgan fingerprint density at radius 1 is 0.703 bits per heavy atom. The summed E-state index contributed by atoms with van der Waals surface area (Å²) in [4.78, 5) is 13.5. The fourth-order valence-corrected chi connectivity index (χ4v) is 4.41. The molecule has 4 nitrogen and oxygen atoms in total. The highest BCUT2D eigenvalue weighted by molar-refractivity contribution is 5.95. The van der Waals surface area contributed by atoms with Gasteiger partial charge in [-0.05, 0) is 59.2 Å². The van der Waals surface area contributed by atoms with Crippen molar-refractivity contribution in [3.05, 3.63) is 144 Å². The molecule has 0 aliphatic carbocycles. The molecule has 0 saturated heterocycles. The Balaban J connectivity index is 1.38. The lowest BCUT2D eigenvalue weighted by Gasteiger charge is -2.20. The number of fused-ring (bicyclic) bond motifs is 1. The lowest BCUT2D eigenvalue weighted by atomic mass is 9.98. The number of ether oxygens (including phenoxy) is 2. The van der Waals surface area contributed by atoms with E-state index in [0.29, 0.717) is 17.9 Å².